The van der Waals surface area contributed by atoms with Crippen LogP contribution >= 0.6 is 0 Å². The van der Waals surface area contributed by atoms with Gasteiger partial charge in [0.1, 0.15) is 17.0 Å². The molecule has 0 spiro atoms. The second-order valence-corrected chi connectivity index (χ2v) is 10.1. The fraction of sp³-hybridized carbons (Fsp3) is 0.481. The summed E-state index contributed by atoms with van der Waals surface area (Å²) >= 11 is 0. The van der Waals surface area contributed by atoms with Gasteiger partial charge >= 0.3 is 12.2 Å². The third-order valence-corrected chi connectivity index (χ3v) is 4.93. The van der Waals surface area contributed by atoms with E-state index in [9.17, 15) is 9.59 Å². The number of carbonyl (C=O) groups excluding carboxylic acids is 2. The van der Waals surface area contributed by atoms with Crippen molar-refractivity contribution in [2.75, 3.05) is 20.2 Å². The van der Waals surface area contributed by atoms with Crippen LogP contribution in [0, 0.1) is 0 Å². The number of nitrogens with zero attached hydrogens (tertiary/aromatic N) is 1. The van der Waals surface area contributed by atoms with Crippen LogP contribution < -0.4 is 10.1 Å². The summed E-state index contributed by atoms with van der Waals surface area (Å²) in [7, 11) is 1.65. The Bertz CT molecular complexity index is 958. The lowest BCUT2D eigenvalue weighted by Gasteiger charge is -2.32. The third-order valence-electron chi connectivity index (χ3n) is 4.93. The lowest BCUT2D eigenvalue weighted by atomic mass is 10.00. The van der Waals surface area contributed by atoms with Crippen molar-refractivity contribution >= 4 is 12.2 Å². The van der Waals surface area contributed by atoms with Crippen molar-refractivity contribution in [3.63, 3.8) is 0 Å². The van der Waals surface area contributed by atoms with Crippen LogP contribution in [0.15, 0.2) is 48.5 Å². The minimum Gasteiger partial charge on any atom is -0.496 e. The van der Waals surface area contributed by atoms with Gasteiger partial charge in [0.15, 0.2) is 0 Å². The molecule has 0 aliphatic carbocycles. The highest BCUT2D eigenvalue weighted by Gasteiger charge is 2.27. The van der Waals surface area contributed by atoms with Crippen molar-refractivity contribution in [1.29, 1.82) is 0 Å². The highest BCUT2D eigenvalue weighted by Crippen LogP contribution is 2.31. The van der Waals surface area contributed by atoms with Crippen LogP contribution in [0.2, 0.25) is 0 Å². The Morgan fingerprint density at radius 3 is 2.06 bits per heavy atom. The van der Waals surface area contributed by atoms with Crippen molar-refractivity contribution in [3.05, 3.63) is 54.1 Å². The molecule has 0 aliphatic heterocycles. The quantitative estimate of drug-likeness (QED) is 0.522. The first-order valence-corrected chi connectivity index (χ1v) is 11.5. The van der Waals surface area contributed by atoms with E-state index in [1.807, 2.05) is 76.2 Å². The maximum atomic E-state index is 13.0. The molecule has 2 aromatic carbocycles. The Hall–Kier alpha value is -3.22. The van der Waals surface area contributed by atoms with Gasteiger partial charge in [-0.25, -0.2) is 9.59 Å². The molecule has 186 valence electrons. The number of hydrogen-bond acceptors (Lipinski definition) is 5. The Morgan fingerprint density at radius 2 is 1.50 bits per heavy atom. The van der Waals surface area contributed by atoms with Crippen LogP contribution in [0.5, 0.6) is 5.75 Å². The van der Waals surface area contributed by atoms with Gasteiger partial charge in [0.2, 0.25) is 0 Å². The Labute approximate surface area is 203 Å². The number of hydrogen-bond donors (Lipinski definition) is 1. The zero-order valence-corrected chi connectivity index (χ0v) is 21.6. The predicted molar refractivity (Wildman–Crippen MR) is 134 cm³/mol. The molecule has 0 bridgehead atoms. The number of rotatable bonds is 7. The van der Waals surface area contributed by atoms with Gasteiger partial charge in [0, 0.05) is 18.7 Å². The predicted octanol–water partition coefficient (Wildman–Crippen LogP) is 6.19. The molecule has 0 unspecified atom stereocenters. The highest BCUT2D eigenvalue weighted by molar-refractivity contribution is 5.72. The van der Waals surface area contributed by atoms with Crippen LogP contribution in [-0.4, -0.2) is 48.5 Å². The number of para-hydroxylation sites is 1. The average molecular weight is 471 g/mol. The number of carbonyl (C=O) groups is 2. The minimum absolute atomic E-state index is 0.234. The van der Waals surface area contributed by atoms with E-state index in [0.717, 1.165) is 22.4 Å². The van der Waals surface area contributed by atoms with Gasteiger partial charge in [0.25, 0.3) is 0 Å². The maximum absolute atomic E-state index is 13.0. The van der Waals surface area contributed by atoms with E-state index in [4.69, 9.17) is 14.2 Å². The number of nitrogens with one attached hydrogen (secondary N) is 1. The molecule has 0 radical (unpaired) electrons. The van der Waals surface area contributed by atoms with Gasteiger partial charge in [-0.3, -0.25) is 4.90 Å². The van der Waals surface area contributed by atoms with Gasteiger partial charge in [0.05, 0.1) is 13.2 Å². The Balaban J connectivity index is 2.19. The molecule has 2 amide bonds. The topological polar surface area (TPSA) is 77.1 Å². The van der Waals surface area contributed by atoms with Crippen LogP contribution in [-0.2, 0) is 9.47 Å². The molecule has 0 heterocycles. The summed E-state index contributed by atoms with van der Waals surface area (Å²) in [5.74, 6) is 0.798. The van der Waals surface area contributed by atoms with Crippen molar-refractivity contribution in [1.82, 2.24) is 10.2 Å². The SMILES string of the molecule is COc1ccccc1-c1ccc([C@H](C)N(CCNC(=O)OC(C)(C)C)C(=O)OC(C)(C)C)cc1. The molecule has 7 nitrogen and oxygen atoms in total. The van der Waals surface area contributed by atoms with E-state index < -0.39 is 23.4 Å². The van der Waals surface area contributed by atoms with Crippen LogP contribution in [0.3, 0.4) is 0 Å². The average Bonchev–Trinajstić information content (AvgIpc) is 2.74. The fourth-order valence-corrected chi connectivity index (χ4v) is 3.36. The van der Waals surface area contributed by atoms with E-state index in [1.54, 1.807) is 32.8 Å². The summed E-state index contributed by atoms with van der Waals surface area (Å²) in [6.45, 7) is 13.3. The maximum Gasteiger partial charge on any atom is 0.410 e. The van der Waals surface area contributed by atoms with E-state index in [1.165, 1.54) is 0 Å². The lowest BCUT2D eigenvalue weighted by Crippen LogP contribution is -2.43. The number of ether oxygens (including phenoxy) is 3. The van der Waals surface area contributed by atoms with Crippen LogP contribution in [0.1, 0.15) is 60.1 Å². The third kappa shape index (κ3) is 8.28. The van der Waals surface area contributed by atoms with Crippen LogP contribution in [0.25, 0.3) is 11.1 Å². The molecule has 34 heavy (non-hydrogen) atoms. The molecule has 0 aromatic heterocycles. The summed E-state index contributed by atoms with van der Waals surface area (Å²) < 4.78 is 16.4. The highest BCUT2D eigenvalue weighted by atomic mass is 16.6. The van der Waals surface area contributed by atoms with Gasteiger partial charge in [-0.1, -0.05) is 42.5 Å². The molecule has 1 N–H and O–H groups in total. The second kappa shape index (κ2) is 11.3. The number of methoxy groups -OCH3 is 1. The first-order valence-electron chi connectivity index (χ1n) is 11.5. The van der Waals surface area contributed by atoms with Crippen molar-refractivity contribution in [2.24, 2.45) is 0 Å². The monoisotopic (exact) mass is 470 g/mol. The Kier molecular flexibility index (Phi) is 8.96. The van der Waals surface area contributed by atoms with Gasteiger partial charge in [-0.05, 0) is 65.7 Å². The summed E-state index contributed by atoms with van der Waals surface area (Å²) in [6, 6.07) is 15.6. The Morgan fingerprint density at radius 1 is 0.912 bits per heavy atom. The molecule has 7 heteroatoms. The molecule has 0 saturated carbocycles. The number of benzene rings is 2. The first-order chi connectivity index (χ1) is 15.8. The first kappa shape index (κ1) is 27.0. The van der Waals surface area contributed by atoms with E-state index in [2.05, 4.69) is 5.32 Å². The number of alkyl carbamates (subject to hydrolysis) is 1. The van der Waals surface area contributed by atoms with Crippen molar-refractivity contribution in [3.8, 4) is 16.9 Å². The van der Waals surface area contributed by atoms with Gasteiger partial charge < -0.3 is 19.5 Å². The molecule has 0 saturated heterocycles. The van der Waals surface area contributed by atoms with E-state index in [0.29, 0.717) is 0 Å². The zero-order valence-electron chi connectivity index (χ0n) is 21.6. The smallest absolute Gasteiger partial charge is 0.410 e. The molecule has 0 aliphatic rings. The minimum atomic E-state index is -0.638. The largest absolute Gasteiger partial charge is 0.496 e. The van der Waals surface area contributed by atoms with Crippen LogP contribution in [0.4, 0.5) is 9.59 Å². The molecular formula is C27H38N2O5. The molecular weight excluding hydrogens is 432 g/mol. The lowest BCUT2D eigenvalue weighted by molar-refractivity contribution is 0.0165. The molecule has 2 rings (SSSR count). The molecule has 0 fully saturated rings. The fourth-order valence-electron chi connectivity index (χ4n) is 3.36. The summed E-state index contributed by atoms with van der Waals surface area (Å²) in [5.41, 5.74) is 1.73. The zero-order chi connectivity index (χ0) is 25.5. The normalized spacial score (nSPS) is 12.5. The summed E-state index contributed by atoms with van der Waals surface area (Å²) in [5, 5.41) is 2.71. The van der Waals surface area contributed by atoms with E-state index >= 15 is 0 Å². The molecule has 2 aromatic rings. The van der Waals surface area contributed by atoms with Crippen molar-refractivity contribution in [2.45, 2.75) is 65.7 Å². The van der Waals surface area contributed by atoms with Gasteiger partial charge in [-0.15, -0.1) is 0 Å². The van der Waals surface area contributed by atoms with Gasteiger partial charge in [-0.2, -0.15) is 0 Å². The second-order valence-electron chi connectivity index (χ2n) is 10.1. The summed E-state index contributed by atoms with van der Waals surface area (Å²) in [4.78, 5) is 26.6. The van der Waals surface area contributed by atoms with Crippen molar-refractivity contribution < 1.29 is 23.8 Å². The standard InChI is InChI=1S/C27H38N2O5/c1-19(20-13-15-21(16-14-20)22-11-9-10-12-23(22)32-8)29(25(31)34-27(5,6)7)18-17-28-24(30)33-26(2,3)4/h9-16,19H,17-18H2,1-8H3,(H,28,30)/t19-/m0/s1. The molecule has 1 atom stereocenters. The van der Waals surface area contributed by atoms with E-state index in [-0.39, 0.29) is 19.1 Å². The summed E-state index contributed by atoms with van der Waals surface area (Å²) in [6.07, 6.45) is -0.967. The number of amides is 2.